The fourth-order valence-electron chi connectivity index (χ4n) is 3.38. The number of benzene rings is 3. The molecular weight excluding hydrogens is 443 g/mol. The van der Waals surface area contributed by atoms with E-state index in [-0.39, 0.29) is 11.1 Å². The maximum atomic E-state index is 15.3. The van der Waals surface area contributed by atoms with Gasteiger partial charge in [0.25, 0.3) is 0 Å². The highest BCUT2D eigenvalue weighted by Crippen LogP contribution is 2.29. The number of ether oxygens (including phenoxy) is 4. The summed E-state index contributed by atoms with van der Waals surface area (Å²) in [4.78, 5) is 37.2. The third-order valence-electron chi connectivity index (χ3n) is 5.12. The number of carbonyl (C=O) groups is 3. The third-order valence-corrected chi connectivity index (χ3v) is 5.12. The van der Waals surface area contributed by atoms with Gasteiger partial charge in [-0.15, -0.1) is 0 Å². The average Bonchev–Trinajstić information content (AvgIpc) is 3.17. The molecular formula is C26H21FO7. The van der Waals surface area contributed by atoms with Crippen molar-refractivity contribution >= 4 is 17.9 Å². The van der Waals surface area contributed by atoms with E-state index < -0.39 is 49.2 Å². The van der Waals surface area contributed by atoms with Crippen LogP contribution < -0.4 is 0 Å². The van der Waals surface area contributed by atoms with Crippen LogP contribution in [0, 0.1) is 0 Å². The highest BCUT2D eigenvalue weighted by molar-refractivity contribution is 5.90. The summed E-state index contributed by atoms with van der Waals surface area (Å²) >= 11 is 0. The molecule has 4 rings (SSSR count). The third kappa shape index (κ3) is 5.47. The summed E-state index contributed by atoms with van der Waals surface area (Å²) in [7, 11) is 0. The van der Waals surface area contributed by atoms with E-state index in [0.717, 1.165) is 0 Å². The molecule has 0 amide bonds. The molecule has 1 aliphatic rings. The Kier molecular flexibility index (Phi) is 7.29. The molecule has 34 heavy (non-hydrogen) atoms. The smallest absolute Gasteiger partial charge is 0.340 e. The summed E-state index contributed by atoms with van der Waals surface area (Å²) in [6.45, 7) is -0.416. The van der Waals surface area contributed by atoms with Crippen LogP contribution in [0.3, 0.4) is 0 Å². The number of rotatable bonds is 7. The highest BCUT2D eigenvalue weighted by Gasteiger charge is 2.50. The lowest BCUT2D eigenvalue weighted by molar-refractivity contribution is -0.129. The molecule has 0 spiro atoms. The summed E-state index contributed by atoms with van der Waals surface area (Å²) in [5, 5.41) is 0. The second kappa shape index (κ2) is 10.7. The second-order valence-electron chi connectivity index (χ2n) is 7.46. The van der Waals surface area contributed by atoms with Gasteiger partial charge < -0.3 is 18.9 Å². The minimum absolute atomic E-state index is 0.204. The Balaban J connectivity index is 1.47. The molecule has 1 fully saturated rings. The molecule has 174 valence electrons. The van der Waals surface area contributed by atoms with Gasteiger partial charge in [0.05, 0.1) is 16.7 Å². The van der Waals surface area contributed by atoms with Gasteiger partial charge in [-0.2, -0.15) is 0 Å². The molecule has 0 N–H and O–H groups in total. The predicted octanol–water partition coefficient (Wildman–Crippen LogP) is 3.99. The Morgan fingerprint density at radius 1 is 0.676 bits per heavy atom. The van der Waals surface area contributed by atoms with Crippen LogP contribution in [0.4, 0.5) is 4.39 Å². The van der Waals surface area contributed by atoms with Crippen molar-refractivity contribution < 1.29 is 37.7 Å². The summed E-state index contributed by atoms with van der Waals surface area (Å²) in [5.41, 5.74) is 0.705. The molecule has 7 nitrogen and oxygen atoms in total. The van der Waals surface area contributed by atoms with Crippen LogP contribution in [0.15, 0.2) is 91.0 Å². The van der Waals surface area contributed by atoms with Crippen LogP contribution in [0.1, 0.15) is 31.1 Å². The summed E-state index contributed by atoms with van der Waals surface area (Å²) in [6, 6.07) is 24.2. The van der Waals surface area contributed by atoms with Crippen molar-refractivity contribution in [3.8, 4) is 0 Å². The van der Waals surface area contributed by atoms with Crippen molar-refractivity contribution in [2.75, 3.05) is 6.61 Å². The van der Waals surface area contributed by atoms with Crippen LogP contribution in [-0.2, 0) is 18.9 Å². The maximum absolute atomic E-state index is 15.3. The first-order valence-corrected chi connectivity index (χ1v) is 10.6. The molecule has 0 aliphatic carbocycles. The van der Waals surface area contributed by atoms with E-state index in [4.69, 9.17) is 18.9 Å². The summed E-state index contributed by atoms with van der Waals surface area (Å²) in [5.74, 6) is -2.24. The van der Waals surface area contributed by atoms with Crippen molar-refractivity contribution in [2.45, 2.75) is 24.7 Å². The van der Waals surface area contributed by atoms with E-state index in [1.54, 1.807) is 66.7 Å². The molecule has 1 heterocycles. The molecule has 0 unspecified atom stereocenters. The highest BCUT2D eigenvalue weighted by atomic mass is 19.1. The van der Waals surface area contributed by atoms with Gasteiger partial charge in [-0.25, -0.2) is 18.8 Å². The van der Waals surface area contributed by atoms with E-state index in [9.17, 15) is 14.4 Å². The molecule has 0 saturated carbocycles. The Hall–Kier alpha value is -4.04. The average molecular weight is 464 g/mol. The van der Waals surface area contributed by atoms with Crippen LogP contribution >= 0.6 is 0 Å². The lowest BCUT2D eigenvalue weighted by Crippen LogP contribution is -2.37. The van der Waals surface area contributed by atoms with Crippen molar-refractivity contribution in [3.05, 3.63) is 108 Å². The normalized spacial score (nSPS) is 21.4. The number of hydrogen-bond acceptors (Lipinski definition) is 7. The second-order valence-corrected chi connectivity index (χ2v) is 7.46. The van der Waals surface area contributed by atoms with E-state index in [1.807, 2.05) is 0 Å². The zero-order valence-electron chi connectivity index (χ0n) is 17.9. The van der Waals surface area contributed by atoms with Crippen molar-refractivity contribution in [1.82, 2.24) is 0 Å². The quantitative estimate of drug-likeness (QED) is 0.386. The van der Waals surface area contributed by atoms with E-state index in [1.165, 1.54) is 24.3 Å². The van der Waals surface area contributed by atoms with Gasteiger partial charge in [-0.1, -0.05) is 54.6 Å². The van der Waals surface area contributed by atoms with E-state index >= 15 is 4.39 Å². The number of halogens is 1. The van der Waals surface area contributed by atoms with Crippen molar-refractivity contribution in [2.24, 2.45) is 0 Å². The minimum atomic E-state index is -2.00. The summed E-state index contributed by atoms with van der Waals surface area (Å²) < 4.78 is 36.6. The number of esters is 3. The van der Waals surface area contributed by atoms with Gasteiger partial charge in [0.15, 0.2) is 6.10 Å². The molecule has 3 aromatic carbocycles. The molecule has 1 saturated heterocycles. The largest absolute Gasteiger partial charge is 0.459 e. The first-order valence-electron chi connectivity index (χ1n) is 10.6. The lowest BCUT2D eigenvalue weighted by atomic mass is 10.1. The van der Waals surface area contributed by atoms with E-state index in [0.29, 0.717) is 5.56 Å². The van der Waals surface area contributed by atoms with Gasteiger partial charge >= 0.3 is 17.9 Å². The number of carbonyl (C=O) groups excluding carboxylic acids is 3. The van der Waals surface area contributed by atoms with Crippen LogP contribution in [0.25, 0.3) is 0 Å². The van der Waals surface area contributed by atoms with Gasteiger partial charge in [-0.3, -0.25) is 0 Å². The maximum Gasteiger partial charge on any atom is 0.340 e. The molecule has 0 bridgehead atoms. The van der Waals surface area contributed by atoms with Gasteiger partial charge in [0.1, 0.15) is 12.7 Å². The van der Waals surface area contributed by atoms with Crippen LogP contribution in [0.2, 0.25) is 0 Å². The lowest BCUT2D eigenvalue weighted by Gasteiger charge is -2.19. The monoisotopic (exact) mass is 464 g/mol. The Morgan fingerprint density at radius 2 is 1.12 bits per heavy atom. The fraction of sp³-hybridized carbons (Fsp3) is 0.192. The standard InChI is InChI=1S/C26H21FO7/c27-21-22(33-24(29)18-12-6-2-7-13-18)20(16-31-23(28)17-10-4-1-5-11-17)32-26(21)34-25(30)19-14-8-3-9-15-19/h1-15,20-22,26H,16H2/t20-,21+,22+,26+/m1/s1. The zero-order valence-corrected chi connectivity index (χ0v) is 17.9. The number of alkyl halides is 1. The predicted molar refractivity (Wildman–Crippen MR) is 118 cm³/mol. The topological polar surface area (TPSA) is 88.1 Å². The van der Waals surface area contributed by atoms with Crippen LogP contribution in [-0.4, -0.2) is 49.2 Å². The first kappa shape index (κ1) is 23.1. The van der Waals surface area contributed by atoms with Gasteiger partial charge in [0.2, 0.25) is 12.5 Å². The Bertz CT molecular complexity index is 1120. The molecule has 3 aromatic rings. The first-order chi connectivity index (χ1) is 16.5. The Labute approximate surface area is 195 Å². The molecule has 0 radical (unpaired) electrons. The number of hydrogen-bond donors (Lipinski definition) is 0. The molecule has 8 heteroatoms. The minimum Gasteiger partial charge on any atom is -0.459 e. The molecule has 1 aliphatic heterocycles. The van der Waals surface area contributed by atoms with Crippen molar-refractivity contribution in [1.29, 1.82) is 0 Å². The molecule has 4 atom stereocenters. The SMILES string of the molecule is O=C(OC[C@H]1O[C@@H](OC(=O)c2ccccc2)[C@@H](F)[C@H]1OC(=O)c1ccccc1)c1ccccc1. The summed E-state index contributed by atoms with van der Waals surface area (Å²) in [6.07, 6.45) is -6.31. The Morgan fingerprint density at radius 3 is 1.62 bits per heavy atom. The van der Waals surface area contributed by atoms with Crippen molar-refractivity contribution in [3.63, 3.8) is 0 Å². The van der Waals surface area contributed by atoms with E-state index in [2.05, 4.69) is 0 Å². The molecule has 0 aromatic heterocycles. The van der Waals surface area contributed by atoms with Gasteiger partial charge in [0, 0.05) is 0 Å². The zero-order chi connectivity index (χ0) is 23.9. The van der Waals surface area contributed by atoms with Gasteiger partial charge in [-0.05, 0) is 36.4 Å². The van der Waals surface area contributed by atoms with Crippen LogP contribution in [0.5, 0.6) is 0 Å². The fourth-order valence-corrected chi connectivity index (χ4v) is 3.38.